The first-order chi connectivity index (χ1) is 13.7. The topological polar surface area (TPSA) is 51.2 Å². The summed E-state index contributed by atoms with van der Waals surface area (Å²) in [6.45, 7) is 0.546. The van der Waals surface area contributed by atoms with E-state index < -0.39 is 0 Å². The molecule has 0 unspecified atom stereocenters. The van der Waals surface area contributed by atoms with Crippen molar-refractivity contribution >= 4 is 5.91 Å². The van der Waals surface area contributed by atoms with E-state index in [1.807, 2.05) is 42.5 Å². The van der Waals surface area contributed by atoms with Crippen LogP contribution in [0, 0.1) is 23.2 Å². The number of nitrogens with one attached hydrogen (secondary N) is 1. The van der Waals surface area contributed by atoms with Gasteiger partial charge in [0.05, 0.1) is 0 Å². The Kier molecular flexibility index (Phi) is 4.58. The van der Waals surface area contributed by atoms with Gasteiger partial charge in [-0.2, -0.15) is 0 Å². The molecule has 4 bridgehead atoms. The van der Waals surface area contributed by atoms with Crippen molar-refractivity contribution in [2.45, 2.75) is 51.5 Å². The number of pyridine rings is 1. The summed E-state index contributed by atoms with van der Waals surface area (Å²) in [5.74, 6) is 4.19. The van der Waals surface area contributed by atoms with Gasteiger partial charge in [0.15, 0.2) is 0 Å². The van der Waals surface area contributed by atoms with Crippen LogP contribution in [0.4, 0.5) is 0 Å². The monoisotopic (exact) mass is 376 g/mol. The van der Waals surface area contributed by atoms with Crippen LogP contribution in [0.3, 0.4) is 0 Å². The predicted molar refractivity (Wildman–Crippen MR) is 108 cm³/mol. The fourth-order valence-electron chi connectivity index (χ4n) is 6.36. The van der Waals surface area contributed by atoms with Gasteiger partial charge in [0.25, 0.3) is 0 Å². The van der Waals surface area contributed by atoms with Crippen LogP contribution in [0.2, 0.25) is 0 Å². The van der Waals surface area contributed by atoms with Crippen LogP contribution in [0.5, 0.6) is 11.6 Å². The molecular weight excluding hydrogens is 348 g/mol. The number of carbonyl (C=O) groups excluding carboxylic acids is 1. The highest BCUT2D eigenvalue weighted by Gasteiger charge is 2.51. The largest absolute Gasteiger partial charge is 0.439 e. The van der Waals surface area contributed by atoms with Gasteiger partial charge in [-0.05, 0) is 85.5 Å². The number of hydrogen-bond acceptors (Lipinski definition) is 3. The van der Waals surface area contributed by atoms with Crippen LogP contribution in [0.1, 0.15) is 50.5 Å². The summed E-state index contributed by atoms with van der Waals surface area (Å²) in [6, 6.07) is 13.5. The lowest BCUT2D eigenvalue weighted by Crippen LogP contribution is -2.47. The number of nitrogens with zero attached hydrogens (tertiary/aromatic N) is 1. The Morgan fingerprint density at radius 1 is 1.04 bits per heavy atom. The van der Waals surface area contributed by atoms with E-state index in [9.17, 15) is 4.79 Å². The second kappa shape index (κ2) is 7.23. The van der Waals surface area contributed by atoms with Gasteiger partial charge in [0.1, 0.15) is 5.75 Å². The molecule has 1 heterocycles. The van der Waals surface area contributed by atoms with E-state index in [1.54, 1.807) is 6.20 Å². The molecule has 28 heavy (non-hydrogen) atoms. The van der Waals surface area contributed by atoms with Crippen molar-refractivity contribution in [1.29, 1.82) is 0 Å². The maximum atomic E-state index is 12.7. The molecule has 4 heteroatoms. The molecule has 1 amide bonds. The summed E-state index contributed by atoms with van der Waals surface area (Å²) in [4.78, 5) is 16.9. The highest BCUT2D eigenvalue weighted by Crippen LogP contribution is 2.61. The van der Waals surface area contributed by atoms with Crippen molar-refractivity contribution in [2.24, 2.45) is 23.2 Å². The van der Waals surface area contributed by atoms with Gasteiger partial charge in [-0.25, -0.2) is 4.98 Å². The molecule has 4 aliphatic rings. The lowest BCUT2D eigenvalue weighted by molar-refractivity contribution is -0.129. The minimum Gasteiger partial charge on any atom is -0.439 e. The molecule has 0 aliphatic heterocycles. The van der Waals surface area contributed by atoms with Gasteiger partial charge in [-0.15, -0.1) is 0 Å². The molecule has 4 fully saturated rings. The van der Waals surface area contributed by atoms with Gasteiger partial charge >= 0.3 is 0 Å². The molecule has 4 nitrogen and oxygen atoms in total. The van der Waals surface area contributed by atoms with Crippen molar-refractivity contribution in [2.75, 3.05) is 0 Å². The molecule has 1 aromatic heterocycles. The zero-order valence-electron chi connectivity index (χ0n) is 16.3. The molecule has 0 atom stereocenters. The number of ether oxygens (including phenoxy) is 1. The minimum atomic E-state index is 0.206. The third kappa shape index (κ3) is 3.78. The zero-order valence-corrected chi connectivity index (χ0v) is 16.3. The fraction of sp³-hybridized carbons (Fsp3) is 0.500. The summed E-state index contributed by atoms with van der Waals surface area (Å²) in [5, 5.41) is 3.15. The smallest absolute Gasteiger partial charge is 0.220 e. The van der Waals surface area contributed by atoms with Crippen LogP contribution in [0.15, 0.2) is 48.7 Å². The van der Waals surface area contributed by atoms with Crippen LogP contribution in [-0.4, -0.2) is 10.9 Å². The Balaban J connectivity index is 1.18. The fourth-order valence-corrected chi connectivity index (χ4v) is 6.36. The quantitative estimate of drug-likeness (QED) is 0.763. The van der Waals surface area contributed by atoms with Crippen LogP contribution in [-0.2, 0) is 11.3 Å². The Hall–Kier alpha value is -2.36. The summed E-state index contributed by atoms with van der Waals surface area (Å²) >= 11 is 0. The second-order valence-corrected chi connectivity index (χ2v) is 9.29. The number of carbonyl (C=O) groups is 1. The predicted octanol–water partition coefficient (Wildman–Crippen LogP) is 5.10. The van der Waals surface area contributed by atoms with E-state index in [4.69, 9.17) is 4.74 Å². The summed E-state index contributed by atoms with van der Waals surface area (Å²) < 4.78 is 5.79. The summed E-state index contributed by atoms with van der Waals surface area (Å²) in [6.07, 6.45) is 10.5. The van der Waals surface area contributed by atoms with Gasteiger partial charge in [-0.1, -0.05) is 18.2 Å². The van der Waals surface area contributed by atoms with E-state index >= 15 is 0 Å². The number of rotatable bonds is 6. The SMILES string of the molecule is O=C(CC12CC3CC(CC(C3)C1)C2)NCc1cccc(Oc2ccccn2)c1. The van der Waals surface area contributed by atoms with Crippen LogP contribution in [0.25, 0.3) is 0 Å². The van der Waals surface area contributed by atoms with Crippen molar-refractivity contribution in [3.8, 4) is 11.6 Å². The molecule has 4 aliphatic carbocycles. The number of aromatic nitrogens is 1. The molecule has 0 saturated heterocycles. The summed E-state index contributed by atoms with van der Waals surface area (Å²) in [5.41, 5.74) is 1.34. The maximum absolute atomic E-state index is 12.7. The van der Waals surface area contributed by atoms with Crippen molar-refractivity contribution in [3.63, 3.8) is 0 Å². The first-order valence-electron chi connectivity index (χ1n) is 10.6. The molecular formula is C24H28N2O2. The lowest BCUT2D eigenvalue weighted by Gasteiger charge is -2.56. The van der Waals surface area contributed by atoms with Crippen LogP contribution >= 0.6 is 0 Å². The molecule has 1 aromatic carbocycles. The average molecular weight is 377 g/mol. The zero-order chi connectivity index (χ0) is 19.0. The van der Waals surface area contributed by atoms with Crippen molar-refractivity contribution in [1.82, 2.24) is 10.3 Å². The van der Waals surface area contributed by atoms with E-state index in [-0.39, 0.29) is 5.91 Å². The molecule has 2 aromatic rings. The standard InChI is InChI=1S/C24H28N2O2/c27-22(15-24-12-18-8-19(13-24)10-20(9-18)14-24)26-16-17-4-3-5-21(11-17)28-23-6-1-2-7-25-23/h1-7,11,18-20H,8-10,12-16H2,(H,26,27). The Morgan fingerprint density at radius 3 is 2.46 bits per heavy atom. The normalized spacial score (nSPS) is 30.2. The number of benzene rings is 1. The first-order valence-corrected chi connectivity index (χ1v) is 10.6. The Morgan fingerprint density at radius 2 is 1.79 bits per heavy atom. The van der Waals surface area contributed by atoms with E-state index in [0.29, 0.717) is 24.3 Å². The number of amides is 1. The minimum absolute atomic E-state index is 0.206. The number of hydrogen-bond donors (Lipinski definition) is 1. The molecule has 0 radical (unpaired) electrons. The van der Waals surface area contributed by atoms with Gasteiger partial charge in [-0.3, -0.25) is 4.79 Å². The van der Waals surface area contributed by atoms with Crippen molar-refractivity contribution in [3.05, 3.63) is 54.2 Å². The van der Waals surface area contributed by atoms with Crippen LogP contribution < -0.4 is 10.1 Å². The maximum Gasteiger partial charge on any atom is 0.220 e. The summed E-state index contributed by atoms with van der Waals surface area (Å²) in [7, 11) is 0. The molecule has 4 saturated carbocycles. The molecule has 0 spiro atoms. The third-order valence-electron chi connectivity index (χ3n) is 6.95. The molecule has 6 rings (SSSR count). The van der Waals surface area contributed by atoms with E-state index in [1.165, 1.54) is 38.5 Å². The van der Waals surface area contributed by atoms with E-state index in [2.05, 4.69) is 10.3 Å². The molecule has 1 N–H and O–H groups in total. The molecule has 146 valence electrons. The van der Waals surface area contributed by atoms with Crippen molar-refractivity contribution < 1.29 is 9.53 Å². The average Bonchev–Trinajstić information content (AvgIpc) is 2.66. The lowest BCUT2D eigenvalue weighted by atomic mass is 9.49. The first kappa shape index (κ1) is 17.7. The second-order valence-electron chi connectivity index (χ2n) is 9.29. The Bertz CT molecular complexity index is 813. The third-order valence-corrected chi connectivity index (χ3v) is 6.95. The highest BCUT2D eigenvalue weighted by molar-refractivity contribution is 5.76. The Labute approximate surface area is 166 Å². The van der Waals surface area contributed by atoms with Gasteiger partial charge in [0.2, 0.25) is 11.8 Å². The van der Waals surface area contributed by atoms with E-state index in [0.717, 1.165) is 29.1 Å². The van der Waals surface area contributed by atoms with Gasteiger partial charge in [0, 0.05) is 25.2 Å². The van der Waals surface area contributed by atoms with Gasteiger partial charge < -0.3 is 10.1 Å². The highest BCUT2D eigenvalue weighted by atomic mass is 16.5.